The monoisotopic (exact) mass is 368 g/mol. The zero-order valence-corrected chi connectivity index (χ0v) is 15.6. The molecule has 27 heavy (non-hydrogen) atoms. The number of carbonyl (C=O) groups excluding carboxylic acids is 1. The molecule has 7 heteroatoms. The number of carboxylic acid groups (broad SMARTS) is 1. The Kier molecular flexibility index (Phi) is 5.41. The summed E-state index contributed by atoms with van der Waals surface area (Å²) < 4.78 is 4.26. The molecule has 1 aromatic carbocycles. The number of fused-ring (bicyclic) bond motifs is 3. The fourth-order valence-corrected chi connectivity index (χ4v) is 3.67. The Morgan fingerprint density at radius 1 is 1.37 bits per heavy atom. The van der Waals surface area contributed by atoms with E-state index in [1.807, 2.05) is 25.3 Å². The standard InChI is InChI=1S/C18H19N3O.C2H5NO2/c1-12-19-9-10-21(12)11-13-7-8-16-17(18(13)22)14-5-3-4-6-15(14)20(16)2;3-1-2(4)5/h3-6,9-10,13H,7-8,11H2,1-2H3;1,3H2,(H,4,5). The van der Waals surface area contributed by atoms with Crippen LogP contribution in [0.1, 0.15) is 28.3 Å². The van der Waals surface area contributed by atoms with Gasteiger partial charge < -0.3 is 20.0 Å². The number of hydrogen-bond acceptors (Lipinski definition) is 4. The third-order valence-corrected chi connectivity index (χ3v) is 5.09. The van der Waals surface area contributed by atoms with Crippen LogP contribution >= 0.6 is 0 Å². The Hall–Kier alpha value is -2.93. The third-order valence-electron chi connectivity index (χ3n) is 5.09. The molecule has 0 amide bonds. The summed E-state index contributed by atoms with van der Waals surface area (Å²) in [6.07, 6.45) is 5.63. The lowest BCUT2D eigenvalue weighted by Gasteiger charge is -2.23. The highest BCUT2D eigenvalue weighted by Gasteiger charge is 2.32. The predicted molar refractivity (Wildman–Crippen MR) is 103 cm³/mol. The molecular formula is C20H24N4O3. The molecule has 4 rings (SSSR count). The first-order valence-corrected chi connectivity index (χ1v) is 8.94. The molecule has 7 nitrogen and oxygen atoms in total. The highest BCUT2D eigenvalue weighted by molar-refractivity contribution is 6.11. The lowest BCUT2D eigenvalue weighted by Crippen LogP contribution is -2.27. The van der Waals surface area contributed by atoms with Crippen molar-refractivity contribution >= 4 is 22.7 Å². The van der Waals surface area contributed by atoms with Crippen LogP contribution in [0.3, 0.4) is 0 Å². The molecule has 2 aromatic heterocycles. The lowest BCUT2D eigenvalue weighted by atomic mass is 9.85. The van der Waals surface area contributed by atoms with E-state index in [0.717, 1.165) is 41.7 Å². The van der Waals surface area contributed by atoms with Crippen molar-refractivity contribution in [1.29, 1.82) is 0 Å². The second-order valence-corrected chi connectivity index (χ2v) is 6.72. The van der Waals surface area contributed by atoms with Crippen LogP contribution in [0.4, 0.5) is 0 Å². The van der Waals surface area contributed by atoms with E-state index >= 15 is 0 Å². The van der Waals surface area contributed by atoms with Gasteiger partial charge in [0.1, 0.15) is 5.82 Å². The fourth-order valence-electron chi connectivity index (χ4n) is 3.67. The molecule has 0 aliphatic heterocycles. The SMILES string of the molecule is Cc1nccn1CC1CCc2c(c3ccccc3n2C)C1=O.NCC(=O)O. The molecule has 1 atom stereocenters. The van der Waals surface area contributed by atoms with Gasteiger partial charge in [-0.15, -0.1) is 0 Å². The van der Waals surface area contributed by atoms with Gasteiger partial charge in [-0.2, -0.15) is 0 Å². The zero-order chi connectivity index (χ0) is 19.6. The maximum Gasteiger partial charge on any atom is 0.317 e. The van der Waals surface area contributed by atoms with Crippen molar-refractivity contribution in [3.05, 3.63) is 53.7 Å². The van der Waals surface area contributed by atoms with Crippen LogP contribution in [0.5, 0.6) is 0 Å². The first-order valence-electron chi connectivity index (χ1n) is 8.94. The van der Waals surface area contributed by atoms with Crippen LogP contribution in [0.15, 0.2) is 36.7 Å². The van der Waals surface area contributed by atoms with Crippen LogP contribution in [0.2, 0.25) is 0 Å². The second kappa shape index (κ2) is 7.75. The first-order chi connectivity index (χ1) is 12.9. The maximum absolute atomic E-state index is 13.0. The summed E-state index contributed by atoms with van der Waals surface area (Å²) in [5.74, 6) is 0.332. The van der Waals surface area contributed by atoms with Crippen molar-refractivity contribution in [1.82, 2.24) is 14.1 Å². The highest BCUT2D eigenvalue weighted by Crippen LogP contribution is 2.34. The number of nitrogens with two attached hydrogens (primary N) is 1. The number of imidazole rings is 1. The molecule has 3 aromatic rings. The molecular weight excluding hydrogens is 344 g/mol. The van der Waals surface area contributed by atoms with E-state index in [1.165, 1.54) is 5.69 Å². The van der Waals surface area contributed by atoms with Crippen molar-refractivity contribution in [2.24, 2.45) is 18.7 Å². The van der Waals surface area contributed by atoms with Gasteiger partial charge in [0.25, 0.3) is 0 Å². The maximum atomic E-state index is 13.0. The van der Waals surface area contributed by atoms with Crippen LogP contribution in [0, 0.1) is 12.8 Å². The van der Waals surface area contributed by atoms with Crippen LogP contribution in [0.25, 0.3) is 10.9 Å². The summed E-state index contributed by atoms with van der Waals surface area (Å²) in [7, 11) is 2.06. The Balaban J connectivity index is 0.000000376. The molecule has 0 spiro atoms. The molecule has 2 heterocycles. The number of carbonyl (C=O) groups is 2. The largest absolute Gasteiger partial charge is 0.480 e. The number of aromatic nitrogens is 3. The molecule has 1 unspecified atom stereocenters. The first kappa shape index (κ1) is 18.8. The molecule has 0 saturated carbocycles. The molecule has 1 aliphatic carbocycles. The van der Waals surface area contributed by atoms with E-state index in [-0.39, 0.29) is 18.2 Å². The second-order valence-electron chi connectivity index (χ2n) is 6.72. The normalized spacial score (nSPS) is 16.0. The molecule has 0 fully saturated rings. The number of rotatable bonds is 3. The average Bonchev–Trinajstić information content (AvgIpc) is 3.20. The third kappa shape index (κ3) is 3.64. The van der Waals surface area contributed by atoms with Gasteiger partial charge in [-0.1, -0.05) is 18.2 Å². The van der Waals surface area contributed by atoms with Crippen molar-refractivity contribution in [2.75, 3.05) is 6.54 Å². The Morgan fingerprint density at radius 2 is 2.07 bits per heavy atom. The van der Waals surface area contributed by atoms with E-state index < -0.39 is 5.97 Å². The zero-order valence-electron chi connectivity index (χ0n) is 15.6. The van der Waals surface area contributed by atoms with Crippen LogP contribution < -0.4 is 5.73 Å². The van der Waals surface area contributed by atoms with E-state index in [1.54, 1.807) is 6.20 Å². The Bertz CT molecular complexity index is 986. The molecule has 1 aliphatic rings. The molecule has 142 valence electrons. The van der Waals surface area contributed by atoms with Gasteiger partial charge in [-0.05, 0) is 25.8 Å². The minimum absolute atomic E-state index is 0.0474. The van der Waals surface area contributed by atoms with Crippen molar-refractivity contribution in [2.45, 2.75) is 26.3 Å². The van der Waals surface area contributed by atoms with Crippen molar-refractivity contribution in [3.8, 4) is 0 Å². The minimum Gasteiger partial charge on any atom is -0.480 e. The van der Waals surface area contributed by atoms with Gasteiger partial charge >= 0.3 is 5.97 Å². The summed E-state index contributed by atoms with van der Waals surface area (Å²) in [5, 5.41) is 8.69. The van der Waals surface area contributed by atoms with Crippen LogP contribution in [-0.4, -0.2) is 37.5 Å². The van der Waals surface area contributed by atoms with Gasteiger partial charge in [-0.3, -0.25) is 9.59 Å². The number of ketones is 1. The van der Waals surface area contributed by atoms with Crippen molar-refractivity contribution in [3.63, 3.8) is 0 Å². The van der Waals surface area contributed by atoms with Crippen molar-refractivity contribution < 1.29 is 14.7 Å². The van der Waals surface area contributed by atoms with Crippen LogP contribution in [-0.2, 0) is 24.8 Å². The average molecular weight is 368 g/mol. The Morgan fingerprint density at radius 3 is 2.70 bits per heavy atom. The van der Waals surface area contributed by atoms with Gasteiger partial charge in [0, 0.05) is 54.1 Å². The summed E-state index contributed by atoms with van der Waals surface area (Å²) in [6.45, 7) is 2.43. The number of Topliss-reactive ketones (excluding diaryl/α,β-unsaturated/α-hetero) is 1. The van der Waals surface area contributed by atoms with E-state index in [2.05, 4.69) is 39.0 Å². The number of para-hydroxylation sites is 1. The van der Waals surface area contributed by atoms with Gasteiger partial charge in [-0.25, -0.2) is 4.98 Å². The lowest BCUT2D eigenvalue weighted by molar-refractivity contribution is -0.135. The number of aryl methyl sites for hydroxylation is 2. The van der Waals surface area contributed by atoms with E-state index in [4.69, 9.17) is 5.11 Å². The summed E-state index contributed by atoms with van der Waals surface area (Å²) in [4.78, 5) is 26.5. The number of carboxylic acids is 1. The summed E-state index contributed by atoms with van der Waals surface area (Å²) in [5.41, 5.74) is 7.85. The van der Waals surface area contributed by atoms with E-state index in [0.29, 0.717) is 0 Å². The topological polar surface area (TPSA) is 103 Å². The number of nitrogens with zero attached hydrogens (tertiary/aromatic N) is 3. The van der Waals surface area contributed by atoms with E-state index in [9.17, 15) is 9.59 Å². The molecule has 3 N–H and O–H groups in total. The molecule has 0 radical (unpaired) electrons. The number of benzene rings is 1. The fraction of sp³-hybridized carbons (Fsp3) is 0.350. The number of hydrogen-bond donors (Lipinski definition) is 2. The summed E-state index contributed by atoms with van der Waals surface area (Å²) >= 11 is 0. The molecule has 0 saturated heterocycles. The quantitative estimate of drug-likeness (QED) is 0.737. The highest BCUT2D eigenvalue weighted by atomic mass is 16.4. The number of aliphatic carboxylic acids is 1. The van der Waals surface area contributed by atoms with Gasteiger partial charge in [0.2, 0.25) is 0 Å². The van der Waals surface area contributed by atoms with Gasteiger partial charge in [0.05, 0.1) is 6.54 Å². The molecule has 0 bridgehead atoms. The van der Waals surface area contributed by atoms with Gasteiger partial charge in [0.15, 0.2) is 5.78 Å². The summed E-state index contributed by atoms with van der Waals surface area (Å²) in [6, 6.07) is 8.21. The Labute approximate surface area is 157 Å². The predicted octanol–water partition coefficient (Wildman–Crippen LogP) is 2.16. The minimum atomic E-state index is -0.968. The smallest absolute Gasteiger partial charge is 0.317 e.